The van der Waals surface area contributed by atoms with Gasteiger partial charge in [-0.05, 0) is 57.7 Å². The molecule has 2 aromatic carbocycles. The lowest BCUT2D eigenvalue weighted by molar-refractivity contribution is -0.676. The van der Waals surface area contributed by atoms with Crippen LogP contribution in [0.4, 0.5) is 0 Å². The van der Waals surface area contributed by atoms with Gasteiger partial charge in [-0.1, -0.05) is 53.7 Å². The maximum atomic E-state index is 2.45. The number of hydrogen-bond donors (Lipinski definition) is 0. The monoisotopic (exact) mass is 470 g/mol. The van der Waals surface area contributed by atoms with Crippen molar-refractivity contribution < 1.29 is 9.13 Å². The standard InChI is InChI=1S/C31H42N4/c1-20(2)25-15-29(21(3)4)31(30(16-25)22(5)6)26-13-27(34-12-11-32(9)18-34)17-28(14-26)35-19-33(10)23(7)24(35)8/h11-22H,1-10H3/q+2. The molecule has 0 bridgehead atoms. The Balaban J connectivity index is 2.07. The van der Waals surface area contributed by atoms with Crippen molar-refractivity contribution in [1.82, 2.24) is 9.13 Å². The van der Waals surface area contributed by atoms with Crippen LogP contribution in [0.25, 0.3) is 22.5 Å². The third-order valence-electron chi connectivity index (χ3n) is 7.37. The van der Waals surface area contributed by atoms with Crippen LogP contribution in [0.15, 0.2) is 55.4 Å². The molecule has 35 heavy (non-hydrogen) atoms. The van der Waals surface area contributed by atoms with Crippen molar-refractivity contribution in [2.24, 2.45) is 14.1 Å². The average Bonchev–Trinajstić information content (AvgIpc) is 3.36. The minimum atomic E-state index is 0.436. The van der Waals surface area contributed by atoms with E-state index in [2.05, 4.69) is 143 Å². The molecule has 0 saturated carbocycles. The molecule has 0 atom stereocenters. The SMILES string of the molecule is Cc1c(C)[n+](C)cn1-c1cc(-c2c(C(C)C)cc(C(C)C)cc2C(C)C)cc(-n2cc[n+](C)c2)c1. The first-order chi connectivity index (χ1) is 16.5. The van der Waals surface area contributed by atoms with Crippen molar-refractivity contribution in [1.29, 1.82) is 0 Å². The first kappa shape index (κ1) is 25.0. The maximum Gasteiger partial charge on any atom is 0.249 e. The summed E-state index contributed by atoms with van der Waals surface area (Å²) in [6.07, 6.45) is 8.54. The fraction of sp³-hybridized carbons (Fsp3) is 0.419. The number of nitrogens with zero attached hydrogens (tertiary/aromatic N) is 4. The summed E-state index contributed by atoms with van der Waals surface area (Å²) in [5.74, 6) is 1.38. The molecule has 0 unspecified atom stereocenters. The van der Waals surface area contributed by atoms with Crippen LogP contribution in [-0.4, -0.2) is 9.13 Å². The highest BCUT2D eigenvalue weighted by Crippen LogP contribution is 2.40. The van der Waals surface area contributed by atoms with E-state index in [9.17, 15) is 0 Å². The quantitative estimate of drug-likeness (QED) is 0.284. The molecule has 4 nitrogen and oxygen atoms in total. The largest absolute Gasteiger partial charge is 0.249 e. The first-order valence-corrected chi connectivity index (χ1v) is 12.9. The second kappa shape index (κ2) is 9.49. The van der Waals surface area contributed by atoms with Gasteiger partial charge in [-0.2, -0.15) is 4.57 Å². The predicted molar refractivity (Wildman–Crippen MR) is 145 cm³/mol. The van der Waals surface area contributed by atoms with E-state index in [1.807, 2.05) is 0 Å². The summed E-state index contributed by atoms with van der Waals surface area (Å²) in [6, 6.07) is 11.9. The Morgan fingerprint density at radius 2 is 1.31 bits per heavy atom. The Bertz CT molecular complexity index is 1340. The van der Waals surface area contributed by atoms with Gasteiger partial charge in [-0.25, -0.2) is 13.7 Å². The molecule has 0 aliphatic carbocycles. The Morgan fingerprint density at radius 3 is 1.77 bits per heavy atom. The average molecular weight is 471 g/mol. The lowest BCUT2D eigenvalue weighted by Gasteiger charge is -2.23. The van der Waals surface area contributed by atoms with E-state index in [-0.39, 0.29) is 0 Å². The molecule has 0 amide bonds. The zero-order valence-electron chi connectivity index (χ0n) is 23.2. The molecule has 0 spiro atoms. The number of aryl methyl sites for hydroxylation is 2. The fourth-order valence-electron chi connectivity index (χ4n) is 4.96. The van der Waals surface area contributed by atoms with Crippen LogP contribution in [0, 0.1) is 13.8 Å². The minimum Gasteiger partial charge on any atom is -0.239 e. The van der Waals surface area contributed by atoms with Crippen LogP contribution >= 0.6 is 0 Å². The smallest absolute Gasteiger partial charge is 0.239 e. The van der Waals surface area contributed by atoms with Gasteiger partial charge in [0.25, 0.3) is 0 Å². The summed E-state index contributed by atoms with van der Waals surface area (Å²) in [7, 11) is 4.19. The molecule has 0 aliphatic rings. The third kappa shape index (κ3) is 4.71. The van der Waals surface area contributed by atoms with Crippen LogP contribution < -0.4 is 9.13 Å². The van der Waals surface area contributed by atoms with E-state index in [1.165, 1.54) is 50.6 Å². The van der Waals surface area contributed by atoms with Crippen molar-refractivity contribution in [2.45, 2.75) is 73.1 Å². The Morgan fingerprint density at radius 1 is 0.714 bits per heavy atom. The molecule has 2 heterocycles. The normalized spacial score (nSPS) is 11.9. The second-order valence-corrected chi connectivity index (χ2v) is 11.0. The Hall–Kier alpha value is -3.14. The van der Waals surface area contributed by atoms with Crippen LogP contribution in [0.5, 0.6) is 0 Å². The number of benzene rings is 2. The molecule has 0 saturated heterocycles. The Labute approximate surface area is 211 Å². The predicted octanol–water partition coefficient (Wildman–Crippen LogP) is 6.57. The second-order valence-electron chi connectivity index (χ2n) is 11.0. The van der Waals surface area contributed by atoms with Gasteiger partial charge in [0.2, 0.25) is 12.7 Å². The molecular formula is C31H42N4+2. The zero-order chi connectivity index (χ0) is 25.6. The van der Waals surface area contributed by atoms with E-state index < -0.39 is 0 Å². The molecule has 0 radical (unpaired) electrons. The number of hydrogen-bond acceptors (Lipinski definition) is 0. The van der Waals surface area contributed by atoms with E-state index in [4.69, 9.17) is 0 Å². The van der Waals surface area contributed by atoms with Gasteiger partial charge in [0.1, 0.15) is 35.2 Å². The van der Waals surface area contributed by atoms with Gasteiger partial charge in [-0.15, -0.1) is 0 Å². The summed E-state index contributed by atoms with van der Waals surface area (Å²) in [4.78, 5) is 0. The number of rotatable bonds is 6. The highest BCUT2D eigenvalue weighted by Gasteiger charge is 2.23. The van der Waals surface area contributed by atoms with E-state index in [0.29, 0.717) is 17.8 Å². The minimum absolute atomic E-state index is 0.436. The fourth-order valence-corrected chi connectivity index (χ4v) is 4.96. The van der Waals surface area contributed by atoms with Gasteiger partial charge in [0, 0.05) is 19.9 Å². The van der Waals surface area contributed by atoms with Gasteiger partial charge < -0.3 is 0 Å². The maximum absolute atomic E-state index is 2.45. The topological polar surface area (TPSA) is 17.6 Å². The van der Waals surface area contributed by atoms with Crippen molar-refractivity contribution in [3.05, 3.63) is 83.5 Å². The summed E-state index contributed by atoms with van der Waals surface area (Å²) < 4.78 is 8.82. The molecule has 4 rings (SSSR count). The Kier molecular flexibility index (Phi) is 6.77. The summed E-state index contributed by atoms with van der Waals surface area (Å²) in [5.41, 5.74) is 11.9. The zero-order valence-corrected chi connectivity index (χ0v) is 23.2. The van der Waals surface area contributed by atoms with Crippen molar-refractivity contribution in [3.8, 4) is 22.5 Å². The van der Waals surface area contributed by atoms with E-state index in [1.54, 1.807) is 0 Å². The lowest BCUT2D eigenvalue weighted by atomic mass is 9.81. The number of imidazole rings is 2. The van der Waals surface area contributed by atoms with Gasteiger partial charge >= 0.3 is 0 Å². The molecule has 2 aromatic heterocycles. The lowest BCUT2D eigenvalue weighted by Crippen LogP contribution is -2.28. The molecular weight excluding hydrogens is 428 g/mol. The molecule has 4 heteroatoms. The molecule has 0 aliphatic heterocycles. The van der Waals surface area contributed by atoms with E-state index >= 15 is 0 Å². The van der Waals surface area contributed by atoms with Crippen LogP contribution in [-0.2, 0) is 14.1 Å². The van der Waals surface area contributed by atoms with Gasteiger partial charge in [0.15, 0.2) is 0 Å². The van der Waals surface area contributed by atoms with Gasteiger partial charge in [0.05, 0.1) is 14.1 Å². The van der Waals surface area contributed by atoms with Crippen molar-refractivity contribution in [2.75, 3.05) is 0 Å². The van der Waals surface area contributed by atoms with Crippen LogP contribution in [0.3, 0.4) is 0 Å². The van der Waals surface area contributed by atoms with Gasteiger partial charge in [-0.3, -0.25) is 0 Å². The van der Waals surface area contributed by atoms with Crippen LogP contribution in [0.2, 0.25) is 0 Å². The molecule has 0 N–H and O–H groups in total. The number of aromatic nitrogens is 4. The third-order valence-corrected chi connectivity index (χ3v) is 7.37. The molecule has 0 fully saturated rings. The van der Waals surface area contributed by atoms with E-state index in [0.717, 1.165) is 0 Å². The highest BCUT2D eigenvalue weighted by molar-refractivity contribution is 5.77. The first-order valence-electron chi connectivity index (χ1n) is 12.9. The summed E-state index contributed by atoms with van der Waals surface area (Å²) >= 11 is 0. The van der Waals surface area contributed by atoms with Crippen molar-refractivity contribution >= 4 is 0 Å². The highest BCUT2D eigenvalue weighted by atomic mass is 15.1. The summed E-state index contributed by atoms with van der Waals surface area (Å²) in [6.45, 7) is 18.3. The van der Waals surface area contributed by atoms with Crippen molar-refractivity contribution in [3.63, 3.8) is 0 Å². The summed E-state index contributed by atoms with van der Waals surface area (Å²) in [5, 5.41) is 0. The molecule has 4 aromatic rings. The molecule has 184 valence electrons. The van der Waals surface area contributed by atoms with Crippen LogP contribution in [0.1, 0.15) is 87.4 Å².